The largest absolute Gasteiger partial charge is 0.481 e. The van der Waals surface area contributed by atoms with Crippen LogP contribution in [0.15, 0.2) is 121 Å². The fourth-order valence-corrected chi connectivity index (χ4v) is 4.69. The molecule has 154 valence electrons. The van der Waals surface area contributed by atoms with Crippen LogP contribution >= 0.6 is 0 Å². The monoisotopic (exact) mass is 406 g/mol. The molecule has 0 aliphatic carbocycles. The van der Waals surface area contributed by atoms with Gasteiger partial charge in [-0.1, -0.05) is 121 Å². The number of carboxylic acid groups (broad SMARTS) is 1. The van der Waals surface area contributed by atoms with E-state index in [-0.39, 0.29) is 0 Å². The van der Waals surface area contributed by atoms with Crippen molar-refractivity contribution in [2.75, 3.05) is 0 Å². The van der Waals surface area contributed by atoms with Gasteiger partial charge in [0.15, 0.2) is 0 Å². The zero-order valence-corrected chi connectivity index (χ0v) is 17.4. The number of hydrogen-bond donors (Lipinski definition) is 1. The third kappa shape index (κ3) is 4.15. The summed E-state index contributed by atoms with van der Waals surface area (Å²) in [6.07, 6.45) is 1.23. The minimum atomic E-state index is -0.801. The van der Waals surface area contributed by atoms with E-state index in [0.29, 0.717) is 12.8 Å². The van der Waals surface area contributed by atoms with Crippen LogP contribution < -0.4 is 0 Å². The van der Waals surface area contributed by atoms with Gasteiger partial charge in [-0.25, -0.2) is 0 Å². The van der Waals surface area contributed by atoms with Crippen LogP contribution in [0.4, 0.5) is 0 Å². The Morgan fingerprint density at radius 2 is 0.968 bits per heavy atom. The summed E-state index contributed by atoms with van der Waals surface area (Å²) in [4.78, 5) is 12.9. The van der Waals surface area contributed by atoms with Gasteiger partial charge in [0.25, 0.3) is 0 Å². The van der Waals surface area contributed by atoms with Crippen molar-refractivity contribution in [1.82, 2.24) is 0 Å². The van der Waals surface area contributed by atoms with Gasteiger partial charge in [0.1, 0.15) is 0 Å². The van der Waals surface area contributed by atoms with E-state index in [1.165, 1.54) is 0 Å². The number of carboxylic acids is 1. The van der Waals surface area contributed by atoms with Gasteiger partial charge in [-0.3, -0.25) is 4.79 Å². The molecule has 4 aromatic carbocycles. The number of carbonyl (C=O) groups is 1. The molecular weight excluding hydrogens is 380 g/mol. The predicted octanol–water partition coefficient (Wildman–Crippen LogP) is 6.35. The second-order valence-corrected chi connectivity index (χ2v) is 7.82. The summed E-state index contributed by atoms with van der Waals surface area (Å²) in [6.45, 7) is 0. The molecule has 0 heterocycles. The van der Waals surface area contributed by atoms with Gasteiger partial charge in [0.05, 0.1) is 11.3 Å². The van der Waals surface area contributed by atoms with Crippen LogP contribution in [0.5, 0.6) is 0 Å². The summed E-state index contributed by atoms with van der Waals surface area (Å²) in [5, 5.41) is 10.6. The molecule has 0 fully saturated rings. The van der Waals surface area contributed by atoms with E-state index in [0.717, 1.165) is 22.3 Å². The Morgan fingerprint density at radius 3 is 1.32 bits per heavy atom. The van der Waals surface area contributed by atoms with Crippen molar-refractivity contribution in [3.63, 3.8) is 0 Å². The summed E-state index contributed by atoms with van der Waals surface area (Å²) < 4.78 is 0. The summed E-state index contributed by atoms with van der Waals surface area (Å²) in [5.41, 5.74) is 3.33. The fraction of sp³-hybridized carbons (Fsp3) is 0.138. The van der Waals surface area contributed by atoms with E-state index in [9.17, 15) is 9.90 Å². The van der Waals surface area contributed by atoms with Crippen molar-refractivity contribution in [2.24, 2.45) is 5.92 Å². The lowest BCUT2D eigenvalue weighted by Gasteiger charge is -2.41. The van der Waals surface area contributed by atoms with Crippen LogP contribution in [-0.2, 0) is 16.6 Å². The molecular formula is C29H26O2. The van der Waals surface area contributed by atoms with Crippen LogP contribution in [0.1, 0.15) is 28.7 Å². The Morgan fingerprint density at radius 1 is 0.613 bits per heavy atom. The van der Waals surface area contributed by atoms with Gasteiger partial charge in [-0.2, -0.15) is 0 Å². The number of benzene rings is 4. The molecule has 0 aliphatic rings. The second-order valence-electron chi connectivity index (χ2n) is 7.82. The van der Waals surface area contributed by atoms with Crippen LogP contribution in [0.25, 0.3) is 0 Å². The molecule has 0 saturated heterocycles. The fourth-order valence-electron chi connectivity index (χ4n) is 4.69. The van der Waals surface area contributed by atoms with Crippen molar-refractivity contribution in [3.8, 4) is 0 Å². The number of rotatable bonds is 8. The maximum Gasteiger partial charge on any atom is 0.308 e. The lowest BCUT2D eigenvalue weighted by atomic mass is 9.60. The van der Waals surface area contributed by atoms with E-state index < -0.39 is 17.3 Å². The molecule has 1 atom stereocenters. The summed E-state index contributed by atoms with van der Waals surface area (Å²) in [5.74, 6) is -1.42. The standard InChI is InChI=1S/C29H26O2/c30-28(31)27(22-21-23-13-5-1-6-14-23)29(24-15-7-2-8-16-24,25-17-9-3-10-18-25)26-19-11-4-12-20-26/h1-20,27H,21-22H2,(H,30,31)/t27-/m0/s1. The summed E-state index contributed by atoms with van der Waals surface area (Å²) in [6, 6.07) is 40.3. The Bertz CT molecular complexity index is 994. The number of hydrogen-bond acceptors (Lipinski definition) is 1. The molecule has 0 amide bonds. The number of aryl methyl sites for hydroxylation is 1. The molecule has 0 unspecified atom stereocenters. The van der Waals surface area contributed by atoms with Gasteiger partial charge in [0, 0.05) is 0 Å². The quantitative estimate of drug-likeness (QED) is 0.346. The average Bonchev–Trinajstić information content (AvgIpc) is 2.84. The highest BCUT2D eigenvalue weighted by Gasteiger charge is 2.47. The van der Waals surface area contributed by atoms with Gasteiger partial charge in [-0.15, -0.1) is 0 Å². The summed E-state index contributed by atoms with van der Waals surface area (Å²) >= 11 is 0. The molecule has 31 heavy (non-hydrogen) atoms. The Kier molecular flexibility index (Phi) is 6.28. The van der Waals surface area contributed by atoms with Gasteiger partial charge in [-0.05, 0) is 35.1 Å². The van der Waals surface area contributed by atoms with Gasteiger partial charge in [0.2, 0.25) is 0 Å². The third-order valence-electron chi connectivity index (χ3n) is 6.07. The first-order valence-corrected chi connectivity index (χ1v) is 10.7. The maximum absolute atomic E-state index is 12.9. The Labute approximate surface area is 183 Å². The van der Waals surface area contributed by atoms with E-state index in [2.05, 4.69) is 48.5 Å². The van der Waals surface area contributed by atoms with Crippen molar-refractivity contribution in [1.29, 1.82) is 0 Å². The molecule has 0 saturated carbocycles. The highest BCUT2D eigenvalue weighted by atomic mass is 16.4. The van der Waals surface area contributed by atoms with Crippen molar-refractivity contribution < 1.29 is 9.90 Å². The molecule has 0 radical (unpaired) electrons. The lowest BCUT2D eigenvalue weighted by Crippen LogP contribution is -2.42. The van der Waals surface area contributed by atoms with E-state index >= 15 is 0 Å². The van der Waals surface area contributed by atoms with Crippen LogP contribution in [0, 0.1) is 5.92 Å². The first kappa shape index (κ1) is 20.6. The zero-order valence-electron chi connectivity index (χ0n) is 17.4. The molecule has 0 aromatic heterocycles. The Hall–Kier alpha value is -3.65. The zero-order chi connectivity index (χ0) is 21.5. The second kappa shape index (κ2) is 9.44. The first-order valence-electron chi connectivity index (χ1n) is 10.7. The molecule has 1 N–H and O–H groups in total. The molecule has 0 bridgehead atoms. The molecule has 2 heteroatoms. The maximum atomic E-state index is 12.9. The Balaban J connectivity index is 1.94. The highest BCUT2D eigenvalue weighted by Crippen LogP contribution is 2.47. The minimum absolute atomic E-state index is 0.526. The number of aliphatic carboxylic acids is 1. The molecule has 0 spiro atoms. The molecule has 4 aromatic rings. The molecule has 0 aliphatic heterocycles. The van der Waals surface area contributed by atoms with Crippen LogP contribution in [0.2, 0.25) is 0 Å². The summed E-state index contributed by atoms with van der Waals surface area (Å²) in [7, 11) is 0. The predicted molar refractivity (Wildman–Crippen MR) is 125 cm³/mol. The molecule has 2 nitrogen and oxygen atoms in total. The smallest absolute Gasteiger partial charge is 0.308 e. The van der Waals surface area contributed by atoms with E-state index in [1.54, 1.807) is 0 Å². The third-order valence-corrected chi connectivity index (χ3v) is 6.07. The van der Waals surface area contributed by atoms with Crippen LogP contribution in [-0.4, -0.2) is 11.1 Å². The van der Waals surface area contributed by atoms with Gasteiger partial charge < -0.3 is 5.11 Å². The van der Waals surface area contributed by atoms with E-state index in [1.807, 2.05) is 72.8 Å². The van der Waals surface area contributed by atoms with E-state index in [4.69, 9.17) is 0 Å². The SMILES string of the molecule is O=C(O)[C@H](CCc1ccccc1)C(c1ccccc1)(c1ccccc1)c1ccccc1. The van der Waals surface area contributed by atoms with Gasteiger partial charge >= 0.3 is 5.97 Å². The minimum Gasteiger partial charge on any atom is -0.481 e. The van der Waals surface area contributed by atoms with Crippen molar-refractivity contribution in [2.45, 2.75) is 18.3 Å². The average molecular weight is 407 g/mol. The highest BCUT2D eigenvalue weighted by molar-refractivity contribution is 5.76. The topological polar surface area (TPSA) is 37.3 Å². The lowest BCUT2D eigenvalue weighted by molar-refractivity contribution is -0.143. The normalized spacial score (nSPS) is 12.3. The van der Waals surface area contributed by atoms with Crippen LogP contribution in [0.3, 0.4) is 0 Å². The van der Waals surface area contributed by atoms with Crippen molar-refractivity contribution >= 4 is 5.97 Å². The van der Waals surface area contributed by atoms with Crippen molar-refractivity contribution in [3.05, 3.63) is 144 Å². The molecule has 4 rings (SSSR count). The first-order chi connectivity index (χ1) is 15.2.